The molecule has 6 fully saturated rings. The number of ether oxygens (including phenoxy) is 2. The number of carbonyl (C=O) groups excluding carboxylic acids is 7. The Morgan fingerprint density at radius 3 is 1.32 bits per heavy atom. The molecule has 0 saturated carbocycles. The Hall–Kier alpha value is -8.71. The van der Waals surface area contributed by atoms with Gasteiger partial charge in [0.05, 0.1) is 11.1 Å². The van der Waals surface area contributed by atoms with E-state index in [1.807, 2.05) is 102 Å². The molecule has 482 valence electrons. The summed E-state index contributed by atoms with van der Waals surface area (Å²) in [6, 6.07) is 21.3. The molecule has 6 saturated heterocycles. The highest BCUT2D eigenvalue weighted by atomic mass is 16.6. The standard InChI is InChI=1S/C32H41N7O5.C17H23NO3.C15H18N6O3.CH4/c1-32(2,3)44-30(42)23-4-6-24(7-5-23)36-13-10-22(11-14-36)21-35-16-18-37(19-17-35)25-12-15-38-27(20-25)34-39(31(38)43)26-8-9-28(40)33-29(26)41;1-17(2,3)21-16(20)14-4-6-15(7-5-14)18-10-8-13(12-19)9-11-18;22-13-2-1-11(14(23)17-13)21-15(24)20-6-3-10(9-12(20)18-21)19-7-4-16-5-8-19;/h4-7,12,15,20,22,26H,8-11,13-14,16-19,21H2,1-3H3,(H,33,40,41);4-7,12-13H,8-11H2,1-3H3;3,6,9,11,16H,1-2,4-5,7-8H2,(H,17,22,23);1H4. The van der Waals surface area contributed by atoms with Crippen LogP contribution in [0.1, 0.15) is 133 Å². The van der Waals surface area contributed by atoms with E-state index in [1.165, 1.54) is 18.2 Å². The number of anilines is 4. The molecule has 6 aliphatic rings. The highest BCUT2D eigenvalue weighted by Crippen LogP contribution is 2.28. The molecule has 6 aromatic rings. The third kappa shape index (κ3) is 16.2. The van der Waals surface area contributed by atoms with Crippen LogP contribution in [-0.4, -0.2) is 171 Å². The third-order valence-electron chi connectivity index (χ3n) is 16.9. The number of amides is 4. The summed E-state index contributed by atoms with van der Waals surface area (Å²) in [4.78, 5) is 119. The number of aromatic nitrogens is 6. The lowest BCUT2D eigenvalue weighted by molar-refractivity contribution is -0.137. The maximum atomic E-state index is 12.9. The van der Waals surface area contributed by atoms with Crippen molar-refractivity contribution in [2.24, 2.45) is 11.8 Å². The fourth-order valence-electron chi connectivity index (χ4n) is 12.0. The number of aldehydes is 1. The van der Waals surface area contributed by atoms with Gasteiger partial charge in [-0.25, -0.2) is 19.2 Å². The summed E-state index contributed by atoms with van der Waals surface area (Å²) in [5, 5.41) is 16.6. The smallest absolute Gasteiger partial charge is 0.351 e. The van der Waals surface area contributed by atoms with Crippen molar-refractivity contribution < 1.29 is 43.0 Å². The van der Waals surface area contributed by atoms with Crippen LogP contribution >= 0.6 is 0 Å². The molecule has 6 aliphatic heterocycles. The minimum Gasteiger partial charge on any atom is -0.456 e. The van der Waals surface area contributed by atoms with Crippen LogP contribution in [0.3, 0.4) is 0 Å². The first kappa shape index (κ1) is 65.7. The van der Waals surface area contributed by atoms with Gasteiger partial charge in [0.25, 0.3) is 11.8 Å². The van der Waals surface area contributed by atoms with E-state index in [2.05, 4.69) is 50.6 Å². The lowest BCUT2D eigenvalue weighted by atomic mass is 9.95. The number of fused-ring (bicyclic) bond motifs is 2. The Morgan fingerprint density at radius 2 is 0.922 bits per heavy atom. The quantitative estimate of drug-likeness (QED) is 0.0871. The molecule has 4 aromatic heterocycles. The highest BCUT2D eigenvalue weighted by molar-refractivity contribution is 6.00. The first-order valence-corrected chi connectivity index (χ1v) is 31.0. The molecule has 4 amide bonds. The summed E-state index contributed by atoms with van der Waals surface area (Å²) in [6.45, 7) is 23.4. The van der Waals surface area contributed by atoms with Gasteiger partial charge in [-0.05, 0) is 147 Å². The number of piperidine rings is 4. The zero-order chi connectivity index (χ0) is 63.1. The molecule has 10 heterocycles. The largest absolute Gasteiger partial charge is 0.456 e. The van der Waals surface area contributed by atoms with Gasteiger partial charge in [0.1, 0.15) is 29.6 Å². The van der Waals surface area contributed by atoms with E-state index in [9.17, 15) is 43.2 Å². The second-order valence-corrected chi connectivity index (χ2v) is 25.6. The van der Waals surface area contributed by atoms with Crippen LogP contribution in [-0.2, 0) is 33.4 Å². The zero-order valence-corrected chi connectivity index (χ0v) is 51.7. The van der Waals surface area contributed by atoms with E-state index < -0.39 is 35.1 Å². The van der Waals surface area contributed by atoms with E-state index >= 15 is 0 Å². The molecule has 0 radical (unpaired) electrons. The average Bonchev–Trinajstić information content (AvgIpc) is 1.67. The molecule has 3 N–H and O–H groups in total. The summed E-state index contributed by atoms with van der Waals surface area (Å²) in [6.07, 6.45) is 9.49. The monoisotopic (exact) mass is 1240 g/mol. The van der Waals surface area contributed by atoms with E-state index in [1.54, 1.807) is 24.5 Å². The molecule has 12 rings (SSSR count). The van der Waals surface area contributed by atoms with E-state index in [4.69, 9.17) is 9.47 Å². The van der Waals surface area contributed by atoms with Crippen LogP contribution in [0.25, 0.3) is 11.3 Å². The number of piperazine rings is 2. The van der Waals surface area contributed by atoms with Crippen molar-refractivity contribution in [2.45, 2.75) is 124 Å². The van der Waals surface area contributed by atoms with E-state index in [-0.39, 0.29) is 67.7 Å². The lowest BCUT2D eigenvalue weighted by Gasteiger charge is -2.40. The molecule has 90 heavy (non-hydrogen) atoms. The SMILES string of the molecule is C.CC(C)(C)OC(=O)c1ccc(N2CCC(C=O)CC2)cc1.CC(C)(C)OC(=O)c1ccc(N2CCC(CN3CCN(c4ccn5c(=O)n(C6CCC(=O)NC6=O)nc5c4)CC3)CC2)cc1.O=C1CCC(n2nc3cc(N4CCNCC4)ccn3c2=O)C(=O)N1. The van der Waals surface area contributed by atoms with Gasteiger partial charge in [0, 0.05) is 151 Å². The van der Waals surface area contributed by atoms with Gasteiger partial charge in [-0.15, -0.1) is 10.2 Å². The van der Waals surface area contributed by atoms with Crippen molar-refractivity contribution in [3.8, 4) is 0 Å². The number of hydrogen-bond acceptors (Lipinski definition) is 19. The Labute approximate surface area is 523 Å². The molecule has 0 bridgehead atoms. The number of esters is 2. The Morgan fingerprint density at radius 1 is 0.522 bits per heavy atom. The molecule has 0 aliphatic carbocycles. The number of pyridine rings is 2. The van der Waals surface area contributed by atoms with Crippen molar-refractivity contribution in [2.75, 3.05) is 105 Å². The van der Waals surface area contributed by atoms with Gasteiger partial charge in [-0.3, -0.25) is 43.5 Å². The first-order chi connectivity index (χ1) is 42.6. The van der Waals surface area contributed by atoms with E-state index in [0.717, 1.165) is 140 Å². The molecule has 2 unspecified atom stereocenters. The molecule has 25 nitrogen and oxygen atoms in total. The molecular weight excluding hydrogens is 1150 g/mol. The van der Waals surface area contributed by atoms with Crippen molar-refractivity contribution >= 4 is 75.9 Å². The number of imide groups is 2. The van der Waals surface area contributed by atoms with Crippen LogP contribution in [0.4, 0.5) is 22.7 Å². The number of nitrogens with one attached hydrogen (secondary N) is 3. The predicted molar refractivity (Wildman–Crippen MR) is 341 cm³/mol. The van der Waals surface area contributed by atoms with Crippen LogP contribution in [0.2, 0.25) is 0 Å². The van der Waals surface area contributed by atoms with Crippen LogP contribution in [0, 0.1) is 11.8 Å². The van der Waals surface area contributed by atoms with Gasteiger partial charge in [0.2, 0.25) is 11.8 Å². The number of benzene rings is 2. The number of rotatable bonds is 11. The fraction of sp³-hybridized carbons (Fsp3) is 0.523. The third-order valence-corrected chi connectivity index (χ3v) is 16.9. The summed E-state index contributed by atoms with van der Waals surface area (Å²) < 4.78 is 16.1. The molecule has 25 heteroatoms. The van der Waals surface area contributed by atoms with Crippen LogP contribution < -0.4 is 46.9 Å². The Kier molecular flexibility index (Phi) is 20.7. The minimum absolute atomic E-state index is 0. The zero-order valence-electron chi connectivity index (χ0n) is 51.7. The summed E-state index contributed by atoms with van der Waals surface area (Å²) >= 11 is 0. The van der Waals surface area contributed by atoms with Crippen molar-refractivity contribution in [3.63, 3.8) is 0 Å². The fourth-order valence-corrected chi connectivity index (χ4v) is 12.0. The average molecular weight is 1240 g/mol. The topological polar surface area (TPSA) is 269 Å². The van der Waals surface area contributed by atoms with Gasteiger partial charge >= 0.3 is 23.3 Å². The molecule has 0 spiro atoms. The summed E-state index contributed by atoms with van der Waals surface area (Å²) in [7, 11) is 0. The lowest BCUT2D eigenvalue weighted by Crippen LogP contribution is -2.49. The summed E-state index contributed by atoms with van der Waals surface area (Å²) in [5.41, 5.74) is 4.64. The van der Waals surface area contributed by atoms with Crippen molar-refractivity contribution in [1.82, 2.24) is 49.2 Å². The van der Waals surface area contributed by atoms with Crippen LogP contribution in [0.5, 0.6) is 0 Å². The van der Waals surface area contributed by atoms with Gasteiger partial charge < -0.3 is 39.2 Å². The van der Waals surface area contributed by atoms with Crippen molar-refractivity contribution in [3.05, 3.63) is 117 Å². The predicted octanol–water partition coefficient (Wildman–Crippen LogP) is 5.04. The maximum absolute atomic E-state index is 12.9. The number of nitrogens with zero attached hydrogens (tertiary/aromatic N) is 11. The number of hydrogen-bond donors (Lipinski definition) is 3. The van der Waals surface area contributed by atoms with Crippen molar-refractivity contribution in [1.29, 1.82) is 0 Å². The minimum atomic E-state index is -0.774. The Balaban J connectivity index is 0.000000176. The maximum Gasteiger partial charge on any atom is 0.351 e. The second-order valence-electron chi connectivity index (χ2n) is 25.6. The summed E-state index contributed by atoms with van der Waals surface area (Å²) in [5.74, 6) is -1.33. The van der Waals surface area contributed by atoms with Gasteiger partial charge in [-0.1, -0.05) is 7.43 Å². The molecule has 2 aromatic carbocycles. The molecular formula is C65H86N14O11. The van der Waals surface area contributed by atoms with E-state index in [0.29, 0.717) is 34.8 Å². The first-order valence-electron chi connectivity index (χ1n) is 31.0. The normalized spacial score (nSPS) is 19.8. The Bertz CT molecular complexity index is 3660. The second kappa shape index (κ2) is 28.4. The molecule has 2 atom stereocenters. The van der Waals surface area contributed by atoms with Gasteiger partial charge in [0.15, 0.2) is 11.3 Å². The highest BCUT2D eigenvalue weighted by Gasteiger charge is 2.33. The number of carbonyl (C=O) groups is 7. The van der Waals surface area contributed by atoms with Crippen LogP contribution in [0.15, 0.2) is 94.8 Å². The van der Waals surface area contributed by atoms with Gasteiger partial charge in [-0.2, -0.15) is 9.36 Å².